The average Bonchev–Trinajstić information content (AvgIpc) is 2.59. The zero-order valence-electron chi connectivity index (χ0n) is 9.32. The summed E-state index contributed by atoms with van der Waals surface area (Å²) in [6.45, 7) is 7.45. The Labute approximate surface area is 97.0 Å². The van der Waals surface area contributed by atoms with Gasteiger partial charge in [0.2, 0.25) is 5.91 Å². The van der Waals surface area contributed by atoms with Crippen molar-refractivity contribution in [2.24, 2.45) is 17.8 Å². The van der Waals surface area contributed by atoms with E-state index in [0.29, 0.717) is 23.7 Å². The molecule has 3 atom stereocenters. The molecule has 3 nitrogen and oxygen atoms in total. The van der Waals surface area contributed by atoms with Gasteiger partial charge in [0.15, 0.2) is 0 Å². The van der Waals surface area contributed by atoms with Crippen molar-refractivity contribution in [3.63, 3.8) is 0 Å². The summed E-state index contributed by atoms with van der Waals surface area (Å²) >= 11 is 0. The van der Waals surface area contributed by atoms with Crippen molar-refractivity contribution >= 4 is 18.3 Å². The molecule has 1 amide bonds. The van der Waals surface area contributed by atoms with Gasteiger partial charge in [-0.1, -0.05) is 0 Å². The molecular formula is C11H19ClN2O. The topological polar surface area (TPSA) is 32.3 Å². The molecule has 2 saturated heterocycles. The number of carbonyl (C=O) groups excluding carboxylic acids is 1. The number of nitrogens with one attached hydrogen (secondary N) is 1. The lowest BCUT2D eigenvalue weighted by molar-refractivity contribution is -0.146. The molecule has 0 spiro atoms. The third kappa shape index (κ3) is 1.48. The molecule has 1 saturated carbocycles. The summed E-state index contributed by atoms with van der Waals surface area (Å²) < 4.78 is 0. The van der Waals surface area contributed by atoms with E-state index in [9.17, 15) is 4.79 Å². The molecule has 3 fully saturated rings. The van der Waals surface area contributed by atoms with Crippen molar-refractivity contribution in [3.05, 3.63) is 0 Å². The minimum absolute atomic E-state index is 0. The summed E-state index contributed by atoms with van der Waals surface area (Å²) in [5.74, 6) is 2.13. The van der Waals surface area contributed by atoms with Gasteiger partial charge in [0.1, 0.15) is 0 Å². The number of hydrogen-bond donors (Lipinski definition) is 1. The molecule has 4 heteroatoms. The molecule has 2 heterocycles. The van der Waals surface area contributed by atoms with Crippen molar-refractivity contribution in [3.8, 4) is 0 Å². The minimum atomic E-state index is 0. The molecular weight excluding hydrogens is 212 g/mol. The van der Waals surface area contributed by atoms with Crippen LogP contribution in [-0.4, -0.2) is 36.0 Å². The largest absolute Gasteiger partial charge is 0.337 e. The van der Waals surface area contributed by atoms with Crippen LogP contribution < -0.4 is 5.32 Å². The SMILES string of the molecule is CC1(C)CCN1C(=O)C1[C@H]2CNC[C@@H]12.Cl. The summed E-state index contributed by atoms with van der Waals surface area (Å²) in [6, 6.07) is 0. The number of halogens is 1. The zero-order chi connectivity index (χ0) is 9.92. The van der Waals surface area contributed by atoms with E-state index in [1.807, 2.05) is 0 Å². The highest BCUT2D eigenvalue weighted by atomic mass is 35.5. The first-order valence-electron chi connectivity index (χ1n) is 5.63. The van der Waals surface area contributed by atoms with Gasteiger partial charge in [0, 0.05) is 18.0 Å². The van der Waals surface area contributed by atoms with Crippen LogP contribution in [0.2, 0.25) is 0 Å². The predicted octanol–water partition coefficient (Wildman–Crippen LogP) is 0.884. The smallest absolute Gasteiger partial charge is 0.226 e. The number of likely N-dealkylation sites (tertiary alicyclic amines) is 1. The maximum Gasteiger partial charge on any atom is 0.226 e. The van der Waals surface area contributed by atoms with Crippen LogP contribution in [0.25, 0.3) is 0 Å². The van der Waals surface area contributed by atoms with E-state index < -0.39 is 0 Å². The predicted molar refractivity (Wildman–Crippen MR) is 61.0 cm³/mol. The van der Waals surface area contributed by atoms with Crippen LogP contribution in [0.15, 0.2) is 0 Å². The fourth-order valence-corrected chi connectivity index (χ4v) is 3.04. The van der Waals surface area contributed by atoms with Crippen LogP contribution in [0.5, 0.6) is 0 Å². The fourth-order valence-electron chi connectivity index (χ4n) is 3.04. The molecule has 1 aliphatic carbocycles. The van der Waals surface area contributed by atoms with Crippen LogP contribution >= 0.6 is 12.4 Å². The van der Waals surface area contributed by atoms with Gasteiger partial charge < -0.3 is 10.2 Å². The van der Waals surface area contributed by atoms with Crippen molar-refractivity contribution in [1.82, 2.24) is 10.2 Å². The molecule has 1 N–H and O–H groups in total. The Kier molecular flexibility index (Phi) is 2.51. The molecule has 15 heavy (non-hydrogen) atoms. The molecule has 0 aromatic heterocycles. The van der Waals surface area contributed by atoms with E-state index in [1.54, 1.807) is 0 Å². The Morgan fingerprint density at radius 1 is 1.33 bits per heavy atom. The number of amides is 1. The molecule has 86 valence electrons. The number of nitrogens with zero attached hydrogens (tertiary/aromatic N) is 1. The summed E-state index contributed by atoms with van der Waals surface area (Å²) in [6.07, 6.45) is 1.17. The van der Waals surface area contributed by atoms with Crippen molar-refractivity contribution in [2.45, 2.75) is 25.8 Å². The van der Waals surface area contributed by atoms with E-state index in [-0.39, 0.29) is 17.9 Å². The quantitative estimate of drug-likeness (QED) is 0.726. The molecule has 1 unspecified atom stereocenters. The number of hydrogen-bond acceptors (Lipinski definition) is 2. The Morgan fingerprint density at radius 2 is 1.93 bits per heavy atom. The lowest BCUT2D eigenvalue weighted by atomic mass is 9.88. The number of rotatable bonds is 1. The van der Waals surface area contributed by atoms with E-state index in [0.717, 1.165) is 19.6 Å². The summed E-state index contributed by atoms with van der Waals surface area (Å²) in [7, 11) is 0. The molecule has 0 radical (unpaired) electrons. The highest BCUT2D eigenvalue weighted by molar-refractivity contribution is 5.85. The lowest BCUT2D eigenvalue weighted by Crippen LogP contribution is -2.59. The lowest BCUT2D eigenvalue weighted by Gasteiger charge is -2.49. The average molecular weight is 231 g/mol. The Morgan fingerprint density at radius 3 is 2.33 bits per heavy atom. The summed E-state index contributed by atoms with van der Waals surface area (Å²) in [4.78, 5) is 14.2. The molecule has 3 aliphatic rings. The van der Waals surface area contributed by atoms with Gasteiger partial charge in [0.25, 0.3) is 0 Å². The van der Waals surface area contributed by atoms with Crippen LogP contribution in [0.3, 0.4) is 0 Å². The van der Waals surface area contributed by atoms with Gasteiger partial charge in [-0.15, -0.1) is 12.4 Å². The van der Waals surface area contributed by atoms with Crippen LogP contribution in [-0.2, 0) is 4.79 Å². The Hall–Kier alpha value is -0.280. The normalized spacial score (nSPS) is 40.1. The number of carbonyl (C=O) groups is 1. The first-order chi connectivity index (χ1) is 6.61. The van der Waals surface area contributed by atoms with Gasteiger partial charge in [-0.3, -0.25) is 4.79 Å². The van der Waals surface area contributed by atoms with E-state index in [2.05, 4.69) is 24.1 Å². The van der Waals surface area contributed by atoms with Gasteiger partial charge in [-0.05, 0) is 45.2 Å². The maximum absolute atomic E-state index is 12.1. The fraction of sp³-hybridized carbons (Fsp3) is 0.909. The Bertz CT molecular complexity index is 282. The number of fused-ring (bicyclic) bond motifs is 1. The first kappa shape index (κ1) is 11.2. The van der Waals surface area contributed by atoms with E-state index in [1.165, 1.54) is 6.42 Å². The summed E-state index contributed by atoms with van der Waals surface area (Å²) in [5, 5.41) is 3.33. The van der Waals surface area contributed by atoms with Gasteiger partial charge >= 0.3 is 0 Å². The maximum atomic E-state index is 12.1. The van der Waals surface area contributed by atoms with Gasteiger partial charge in [-0.25, -0.2) is 0 Å². The number of piperidine rings is 1. The first-order valence-corrected chi connectivity index (χ1v) is 5.63. The van der Waals surface area contributed by atoms with Crippen LogP contribution in [0, 0.1) is 17.8 Å². The monoisotopic (exact) mass is 230 g/mol. The highest BCUT2D eigenvalue weighted by Crippen LogP contribution is 2.51. The van der Waals surface area contributed by atoms with Crippen molar-refractivity contribution in [1.29, 1.82) is 0 Å². The second kappa shape index (κ2) is 3.36. The van der Waals surface area contributed by atoms with E-state index in [4.69, 9.17) is 0 Å². The standard InChI is InChI=1S/C11H18N2O.ClH/c1-11(2)3-4-13(11)10(14)9-7-5-12-6-8(7)9;/h7-9,12H,3-6H2,1-2H3;1H/t7-,8+,9?;. The van der Waals surface area contributed by atoms with Gasteiger partial charge in [-0.2, -0.15) is 0 Å². The van der Waals surface area contributed by atoms with Crippen molar-refractivity contribution < 1.29 is 4.79 Å². The highest BCUT2D eigenvalue weighted by Gasteiger charge is 2.59. The summed E-state index contributed by atoms with van der Waals surface area (Å²) in [5.41, 5.74) is 0.140. The van der Waals surface area contributed by atoms with Crippen LogP contribution in [0.4, 0.5) is 0 Å². The molecule has 0 bridgehead atoms. The third-order valence-corrected chi connectivity index (χ3v) is 4.32. The molecule has 0 aromatic carbocycles. The van der Waals surface area contributed by atoms with Crippen LogP contribution in [0.1, 0.15) is 20.3 Å². The Balaban J connectivity index is 0.000000853. The second-order valence-electron chi connectivity index (χ2n) is 5.56. The van der Waals surface area contributed by atoms with Crippen molar-refractivity contribution in [2.75, 3.05) is 19.6 Å². The molecule has 3 rings (SSSR count). The van der Waals surface area contributed by atoms with E-state index >= 15 is 0 Å². The third-order valence-electron chi connectivity index (χ3n) is 4.32. The second-order valence-corrected chi connectivity index (χ2v) is 5.56. The molecule has 0 aromatic rings. The molecule has 2 aliphatic heterocycles. The minimum Gasteiger partial charge on any atom is -0.337 e. The zero-order valence-corrected chi connectivity index (χ0v) is 10.1. The van der Waals surface area contributed by atoms with Gasteiger partial charge in [0.05, 0.1) is 0 Å².